The molecule has 0 fully saturated rings. The largest absolute Gasteiger partial charge is 0.504 e. The minimum Gasteiger partial charge on any atom is -0.504 e. The molecule has 0 aliphatic heterocycles. The number of aliphatic carboxylic acids is 1. The van der Waals surface area contributed by atoms with E-state index in [-0.39, 0.29) is 12.2 Å². The summed E-state index contributed by atoms with van der Waals surface area (Å²) in [6.07, 6.45) is -0.429. The third kappa shape index (κ3) is 6.94. The number of benzene rings is 2. The van der Waals surface area contributed by atoms with Crippen molar-refractivity contribution in [2.45, 2.75) is 39.8 Å². The van der Waals surface area contributed by atoms with E-state index in [1.165, 1.54) is 6.92 Å². The number of carbonyl (C=O) groups excluding carboxylic acids is 1. The van der Waals surface area contributed by atoms with E-state index in [1.807, 2.05) is 13.8 Å². The van der Waals surface area contributed by atoms with E-state index in [1.54, 1.807) is 42.5 Å². The zero-order valence-corrected chi connectivity index (χ0v) is 21.9. The molecule has 0 aliphatic rings. The van der Waals surface area contributed by atoms with Gasteiger partial charge in [0.1, 0.15) is 17.2 Å². The predicted molar refractivity (Wildman–Crippen MR) is 141 cm³/mol. The summed E-state index contributed by atoms with van der Waals surface area (Å²) in [6.45, 7) is 5.79. The number of carboxylic acid groups (broad SMARTS) is 1. The Morgan fingerprint density at radius 2 is 1.84 bits per heavy atom. The Hall–Kier alpha value is -4.25. The van der Waals surface area contributed by atoms with Crippen molar-refractivity contribution >= 4 is 29.3 Å². The average Bonchev–Trinajstić information content (AvgIpc) is 2.87. The molecule has 0 unspecified atom stereocenters. The van der Waals surface area contributed by atoms with Crippen molar-refractivity contribution in [3.63, 3.8) is 0 Å². The molecule has 0 aliphatic carbocycles. The number of halogens is 1. The number of nitrogens with zero attached hydrogens (tertiary/aromatic N) is 2. The highest BCUT2D eigenvalue weighted by molar-refractivity contribution is 6.31. The van der Waals surface area contributed by atoms with Gasteiger partial charge in [-0.2, -0.15) is 5.10 Å². The topological polar surface area (TPSA) is 152 Å². The first-order chi connectivity index (χ1) is 18.1. The summed E-state index contributed by atoms with van der Waals surface area (Å²) in [6, 6.07) is 9.88. The van der Waals surface area contributed by atoms with Gasteiger partial charge in [0, 0.05) is 10.6 Å². The summed E-state index contributed by atoms with van der Waals surface area (Å²) in [5.41, 5.74) is -0.141. The molecule has 202 valence electrons. The lowest BCUT2D eigenvalue weighted by molar-refractivity contribution is -0.137. The molecule has 38 heavy (non-hydrogen) atoms. The molecular formula is C26H29ClN4O7. The normalized spacial score (nSPS) is 11.5. The van der Waals surface area contributed by atoms with Gasteiger partial charge in [-0.05, 0) is 50.6 Å². The zero-order valence-electron chi connectivity index (χ0n) is 21.2. The predicted octanol–water partition coefficient (Wildman–Crippen LogP) is 4.09. The van der Waals surface area contributed by atoms with Gasteiger partial charge in [-0.1, -0.05) is 29.8 Å². The molecule has 0 radical (unpaired) electrons. The Bertz CT molecular complexity index is 1380. The minimum atomic E-state index is -1.15. The van der Waals surface area contributed by atoms with Gasteiger partial charge < -0.3 is 25.0 Å². The van der Waals surface area contributed by atoms with Gasteiger partial charge in [0.15, 0.2) is 11.4 Å². The maximum Gasteiger partial charge on any atom is 0.319 e. The van der Waals surface area contributed by atoms with Crippen LogP contribution in [0.3, 0.4) is 0 Å². The zero-order chi connectivity index (χ0) is 27.8. The van der Waals surface area contributed by atoms with Crippen molar-refractivity contribution in [3.8, 4) is 17.2 Å². The van der Waals surface area contributed by atoms with Crippen molar-refractivity contribution < 1.29 is 29.3 Å². The number of hydrogen-bond acceptors (Lipinski definition) is 7. The second-order valence-electron chi connectivity index (χ2n) is 8.18. The van der Waals surface area contributed by atoms with Crippen LogP contribution in [0.2, 0.25) is 5.02 Å². The molecule has 11 nitrogen and oxygen atoms in total. The van der Waals surface area contributed by atoms with Gasteiger partial charge in [-0.15, -0.1) is 0 Å². The van der Waals surface area contributed by atoms with Gasteiger partial charge in [-0.25, -0.2) is 9.48 Å². The number of anilines is 1. The highest BCUT2D eigenvalue weighted by Gasteiger charge is 2.23. The number of aromatic nitrogens is 2. The van der Waals surface area contributed by atoms with Gasteiger partial charge in [-0.3, -0.25) is 14.9 Å². The molecule has 0 bridgehead atoms. The molecule has 1 atom stereocenters. The lowest BCUT2D eigenvalue weighted by Crippen LogP contribution is -2.37. The van der Waals surface area contributed by atoms with Gasteiger partial charge in [0.2, 0.25) is 0 Å². The molecule has 1 heterocycles. The quantitative estimate of drug-likeness (QED) is 0.281. The van der Waals surface area contributed by atoms with Crippen molar-refractivity contribution in [2.75, 3.05) is 18.5 Å². The Labute approximate surface area is 224 Å². The van der Waals surface area contributed by atoms with Crippen LogP contribution in [0.4, 0.5) is 10.5 Å². The molecule has 0 saturated carbocycles. The molecule has 1 aromatic heterocycles. The van der Waals surface area contributed by atoms with Crippen LogP contribution >= 0.6 is 11.6 Å². The highest BCUT2D eigenvalue weighted by atomic mass is 35.5. The summed E-state index contributed by atoms with van der Waals surface area (Å²) in [7, 11) is 0. The average molecular weight is 545 g/mol. The Balaban J connectivity index is 1.90. The van der Waals surface area contributed by atoms with Crippen molar-refractivity contribution in [3.05, 3.63) is 74.7 Å². The fourth-order valence-electron chi connectivity index (χ4n) is 3.76. The number of amides is 2. The highest BCUT2D eigenvalue weighted by Crippen LogP contribution is 2.28. The van der Waals surface area contributed by atoms with Crippen LogP contribution in [0.25, 0.3) is 0 Å². The fraction of sp³-hybridized carbons (Fsp3) is 0.308. The second-order valence-corrected chi connectivity index (χ2v) is 8.58. The summed E-state index contributed by atoms with van der Waals surface area (Å²) >= 11 is 6.34. The van der Waals surface area contributed by atoms with E-state index >= 15 is 0 Å². The number of aromatic hydroxyl groups is 1. The Morgan fingerprint density at radius 1 is 1.13 bits per heavy atom. The summed E-state index contributed by atoms with van der Waals surface area (Å²) in [5.74, 6) is -0.679. The Kier molecular flexibility index (Phi) is 9.55. The molecule has 0 saturated heterocycles. The first kappa shape index (κ1) is 28.3. The van der Waals surface area contributed by atoms with E-state index in [4.69, 9.17) is 21.1 Å². The number of aryl methyl sites for hydroxylation is 1. The third-order valence-electron chi connectivity index (χ3n) is 5.48. The van der Waals surface area contributed by atoms with E-state index in [9.17, 15) is 24.6 Å². The molecule has 3 rings (SSSR count). The third-order valence-corrected chi connectivity index (χ3v) is 5.83. The SMILES string of the molecule is CCOc1cccc([C@H](CC(=O)O)NC(=O)Nc2c(O)c(C)nn(Cc3c(Cl)cccc3OCC)c2=O)c1. The number of hydrogen-bond donors (Lipinski definition) is 4. The minimum absolute atomic E-state index is 0.0800. The van der Waals surface area contributed by atoms with Crippen LogP contribution in [-0.4, -0.2) is 45.2 Å². The molecule has 0 spiro atoms. The second kappa shape index (κ2) is 12.8. The van der Waals surface area contributed by atoms with E-state index in [0.717, 1.165) is 4.68 Å². The van der Waals surface area contributed by atoms with Crippen molar-refractivity contribution in [1.29, 1.82) is 0 Å². The fourth-order valence-corrected chi connectivity index (χ4v) is 3.99. The number of rotatable bonds is 11. The van der Waals surface area contributed by atoms with Crippen LogP contribution in [0.5, 0.6) is 17.2 Å². The van der Waals surface area contributed by atoms with Gasteiger partial charge >= 0.3 is 12.0 Å². The Morgan fingerprint density at radius 3 is 2.53 bits per heavy atom. The molecule has 12 heteroatoms. The molecule has 2 aromatic carbocycles. The number of nitrogens with one attached hydrogen (secondary N) is 2. The first-order valence-electron chi connectivity index (χ1n) is 11.9. The summed E-state index contributed by atoms with van der Waals surface area (Å²) in [4.78, 5) is 37.6. The maximum atomic E-state index is 13.2. The number of ether oxygens (including phenoxy) is 2. The van der Waals surface area contributed by atoms with Crippen LogP contribution in [0, 0.1) is 6.92 Å². The van der Waals surface area contributed by atoms with E-state index in [0.29, 0.717) is 40.9 Å². The van der Waals surface area contributed by atoms with Crippen molar-refractivity contribution in [1.82, 2.24) is 15.1 Å². The maximum absolute atomic E-state index is 13.2. The summed E-state index contributed by atoms with van der Waals surface area (Å²) in [5, 5.41) is 29.3. The van der Waals surface area contributed by atoms with Crippen LogP contribution in [-0.2, 0) is 11.3 Å². The molecule has 4 N–H and O–H groups in total. The lowest BCUT2D eigenvalue weighted by atomic mass is 10.0. The van der Waals surface area contributed by atoms with Crippen LogP contribution in [0.15, 0.2) is 47.3 Å². The monoisotopic (exact) mass is 544 g/mol. The van der Waals surface area contributed by atoms with Crippen molar-refractivity contribution in [2.24, 2.45) is 0 Å². The lowest BCUT2D eigenvalue weighted by Gasteiger charge is -2.19. The molecule has 3 aromatic rings. The molecule has 2 amide bonds. The van der Waals surface area contributed by atoms with E-state index in [2.05, 4.69) is 15.7 Å². The van der Waals surface area contributed by atoms with Crippen LogP contribution < -0.4 is 25.7 Å². The van der Waals surface area contributed by atoms with E-state index < -0.39 is 41.5 Å². The number of carboxylic acids is 1. The van der Waals surface area contributed by atoms with Gasteiger partial charge in [0.05, 0.1) is 32.2 Å². The van der Waals surface area contributed by atoms with Gasteiger partial charge in [0.25, 0.3) is 5.56 Å². The number of urea groups is 1. The summed E-state index contributed by atoms with van der Waals surface area (Å²) < 4.78 is 12.1. The smallest absolute Gasteiger partial charge is 0.319 e. The van der Waals surface area contributed by atoms with Crippen LogP contribution in [0.1, 0.15) is 43.1 Å². The standard InChI is InChI=1S/C26H29ClN4O7/c1-4-37-17-9-6-8-16(12-17)20(13-22(32)33)28-26(36)29-23-24(34)15(3)30-31(25(23)35)14-18-19(27)10-7-11-21(18)38-5-2/h6-12,20,34H,4-5,13-14H2,1-3H3,(H,32,33)(H2,28,29,36)/t20-/m0/s1. The molecular weight excluding hydrogens is 516 g/mol. The first-order valence-corrected chi connectivity index (χ1v) is 12.2. The number of carbonyl (C=O) groups is 2.